The van der Waals surface area contributed by atoms with Gasteiger partial charge in [-0.2, -0.15) is 0 Å². The molecule has 0 N–H and O–H groups in total. The van der Waals surface area contributed by atoms with Crippen LogP contribution in [0.3, 0.4) is 0 Å². The van der Waals surface area contributed by atoms with Gasteiger partial charge in [0.05, 0.1) is 25.4 Å². The smallest absolute Gasteiger partial charge is 0.0608 e. The van der Waals surface area contributed by atoms with Crippen LogP contribution in [0, 0.1) is 0 Å². The van der Waals surface area contributed by atoms with Crippen molar-refractivity contribution in [3.63, 3.8) is 0 Å². The van der Waals surface area contributed by atoms with Crippen LogP contribution in [0.15, 0.2) is 0 Å². The first-order valence-electron chi connectivity index (χ1n) is 5.73. The maximum atomic E-state index is 5.75. The molecule has 0 atom stereocenters. The van der Waals surface area contributed by atoms with Gasteiger partial charge in [-0.15, -0.1) is 0 Å². The Balaban J connectivity index is 1.66. The molecule has 0 aromatic heterocycles. The van der Waals surface area contributed by atoms with Crippen LogP contribution < -0.4 is 0 Å². The molecule has 2 fully saturated rings. The third kappa shape index (κ3) is 2.47. The maximum Gasteiger partial charge on any atom is 0.0608 e. The van der Waals surface area contributed by atoms with Gasteiger partial charge in [0.1, 0.15) is 0 Å². The third-order valence-electron chi connectivity index (χ3n) is 3.10. The van der Waals surface area contributed by atoms with Gasteiger partial charge in [-0.1, -0.05) is 0 Å². The van der Waals surface area contributed by atoms with E-state index in [1.807, 2.05) is 0 Å². The molecule has 1 saturated carbocycles. The predicted molar refractivity (Wildman–Crippen MR) is 55.4 cm³/mol. The average Bonchev–Trinajstić information content (AvgIpc) is 2.12. The van der Waals surface area contributed by atoms with E-state index in [-0.39, 0.29) is 0 Å². The molecule has 0 unspecified atom stereocenters. The van der Waals surface area contributed by atoms with Gasteiger partial charge >= 0.3 is 0 Å². The molecule has 2 aliphatic rings. The first-order chi connectivity index (χ1) is 6.75. The summed E-state index contributed by atoms with van der Waals surface area (Å²) in [5, 5.41) is 0. The summed E-state index contributed by atoms with van der Waals surface area (Å²) in [6.45, 7) is 8.26. The molecule has 14 heavy (non-hydrogen) atoms. The van der Waals surface area contributed by atoms with E-state index in [1.54, 1.807) is 0 Å². The van der Waals surface area contributed by atoms with Crippen LogP contribution in [-0.4, -0.2) is 49.5 Å². The fourth-order valence-electron chi connectivity index (χ4n) is 2.27. The molecule has 1 saturated heterocycles. The minimum Gasteiger partial charge on any atom is -0.379 e. The Labute approximate surface area is 86.4 Å². The van der Waals surface area contributed by atoms with E-state index in [2.05, 4.69) is 18.7 Å². The summed E-state index contributed by atoms with van der Waals surface area (Å²) >= 11 is 0. The number of morpholine rings is 1. The zero-order valence-electron chi connectivity index (χ0n) is 9.24. The third-order valence-corrected chi connectivity index (χ3v) is 3.10. The molecule has 0 radical (unpaired) electrons. The molecule has 0 amide bonds. The van der Waals surface area contributed by atoms with Gasteiger partial charge in [-0.05, 0) is 26.7 Å². The van der Waals surface area contributed by atoms with Gasteiger partial charge in [0.25, 0.3) is 0 Å². The highest BCUT2D eigenvalue weighted by Crippen LogP contribution is 2.29. The molecule has 2 rings (SSSR count). The summed E-state index contributed by atoms with van der Waals surface area (Å²) in [6.07, 6.45) is 3.34. The minimum absolute atomic E-state index is 0.380. The molecule has 1 aliphatic carbocycles. The Bertz CT molecular complexity index is 172. The predicted octanol–water partition coefficient (Wildman–Crippen LogP) is 1.27. The molecule has 0 spiro atoms. The van der Waals surface area contributed by atoms with Crippen molar-refractivity contribution in [2.45, 2.75) is 44.9 Å². The lowest BCUT2D eigenvalue weighted by molar-refractivity contribution is -0.0929. The van der Waals surface area contributed by atoms with E-state index in [1.165, 1.54) is 12.8 Å². The van der Waals surface area contributed by atoms with Crippen LogP contribution in [0.2, 0.25) is 0 Å². The van der Waals surface area contributed by atoms with Crippen molar-refractivity contribution < 1.29 is 9.47 Å². The quantitative estimate of drug-likeness (QED) is 0.683. The first-order valence-corrected chi connectivity index (χ1v) is 5.73. The van der Waals surface area contributed by atoms with E-state index < -0.39 is 0 Å². The van der Waals surface area contributed by atoms with Crippen LogP contribution >= 0.6 is 0 Å². The standard InChI is InChI=1S/C11H21NO2/c1-9(2)14-11-7-10(8-11)12-3-5-13-6-4-12/h9-11H,3-8H2,1-2H3/t10-,11-. The highest BCUT2D eigenvalue weighted by Gasteiger charge is 2.35. The van der Waals surface area contributed by atoms with E-state index in [0.717, 1.165) is 32.3 Å². The molecular weight excluding hydrogens is 178 g/mol. The van der Waals surface area contributed by atoms with Crippen molar-refractivity contribution >= 4 is 0 Å². The van der Waals surface area contributed by atoms with Crippen LogP contribution in [0.25, 0.3) is 0 Å². The second-order valence-electron chi connectivity index (χ2n) is 4.58. The molecule has 1 aliphatic heterocycles. The van der Waals surface area contributed by atoms with Crippen molar-refractivity contribution in [2.75, 3.05) is 26.3 Å². The summed E-state index contributed by atoms with van der Waals surface area (Å²) in [7, 11) is 0. The van der Waals surface area contributed by atoms with E-state index in [9.17, 15) is 0 Å². The number of hydrogen-bond acceptors (Lipinski definition) is 3. The van der Waals surface area contributed by atoms with Gasteiger partial charge in [-0.3, -0.25) is 4.90 Å². The van der Waals surface area contributed by atoms with Crippen LogP contribution in [-0.2, 0) is 9.47 Å². The SMILES string of the molecule is CC(C)O[C@H]1C[C@H](N2CCOCC2)C1. The van der Waals surface area contributed by atoms with Crippen LogP contribution in [0.5, 0.6) is 0 Å². The Morgan fingerprint density at radius 3 is 2.43 bits per heavy atom. The fourth-order valence-corrected chi connectivity index (χ4v) is 2.27. The second kappa shape index (κ2) is 4.60. The van der Waals surface area contributed by atoms with Crippen molar-refractivity contribution in [2.24, 2.45) is 0 Å². The second-order valence-corrected chi connectivity index (χ2v) is 4.58. The number of ether oxygens (including phenoxy) is 2. The normalized spacial score (nSPS) is 34.5. The molecule has 3 nitrogen and oxygen atoms in total. The van der Waals surface area contributed by atoms with Crippen molar-refractivity contribution in [1.29, 1.82) is 0 Å². The molecule has 0 aromatic carbocycles. The van der Waals surface area contributed by atoms with Gasteiger partial charge in [0, 0.05) is 19.1 Å². The van der Waals surface area contributed by atoms with Gasteiger partial charge in [0.15, 0.2) is 0 Å². The monoisotopic (exact) mass is 199 g/mol. The highest BCUT2D eigenvalue weighted by atomic mass is 16.5. The van der Waals surface area contributed by atoms with Crippen LogP contribution in [0.1, 0.15) is 26.7 Å². The lowest BCUT2D eigenvalue weighted by Gasteiger charge is -2.44. The number of nitrogens with zero attached hydrogens (tertiary/aromatic N) is 1. The average molecular weight is 199 g/mol. The Hall–Kier alpha value is -0.120. The van der Waals surface area contributed by atoms with Gasteiger partial charge in [0.2, 0.25) is 0 Å². The zero-order chi connectivity index (χ0) is 9.97. The lowest BCUT2D eigenvalue weighted by Crippen LogP contribution is -2.52. The summed E-state index contributed by atoms with van der Waals surface area (Å²) in [6, 6.07) is 0.766. The summed E-state index contributed by atoms with van der Waals surface area (Å²) in [5.41, 5.74) is 0. The molecule has 0 bridgehead atoms. The van der Waals surface area contributed by atoms with Crippen molar-refractivity contribution in [3.8, 4) is 0 Å². The highest BCUT2D eigenvalue weighted by molar-refractivity contribution is 4.89. The van der Waals surface area contributed by atoms with E-state index >= 15 is 0 Å². The summed E-state index contributed by atoms with van der Waals surface area (Å²) in [5.74, 6) is 0. The van der Waals surface area contributed by atoms with E-state index in [0.29, 0.717) is 12.2 Å². The topological polar surface area (TPSA) is 21.7 Å². The number of rotatable bonds is 3. The Morgan fingerprint density at radius 2 is 1.86 bits per heavy atom. The summed E-state index contributed by atoms with van der Waals surface area (Å²) in [4.78, 5) is 2.55. The summed E-state index contributed by atoms with van der Waals surface area (Å²) < 4.78 is 11.1. The minimum atomic E-state index is 0.380. The molecule has 1 heterocycles. The molecule has 3 heteroatoms. The van der Waals surface area contributed by atoms with Crippen molar-refractivity contribution in [1.82, 2.24) is 4.90 Å². The Kier molecular flexibility index (Phi) is 3.42. The Morgan fingerprint density at radius 1 is 1.21 bits per heavy atom. The molecular formula is C11H21NO2. The van der Waals surface area contributed by atoms with E-state index in [4.69, 9.17) is 9.47 Å². The largest absolute Gasteiger partial charge is 0.379 e. The molecule has 0 aromatic rings. The fraction of sp³-hybridized carbons (Fsp3) is 1.00. The maximum absolute atomic E-state index is 5.75. The molecule has 82 valence electrons. The first kappa shape index (κ1) is 10.4. The van der Waals surface area contributed by atoms with Crippen LogP contribution in [0.4, 0.5) is 0 Å². The zero-order valence-corrected chi connectivity index (χ0v) is 9.24. The van der Waals surface area contributed by atoms with Gasteiger partial charge < -0.3 is 9.47 Å². The lowest BCUT2D eigenvalue weighted by atomic mass is 9.87. The van der Waals surface area contributed by atoms with Crippen molar-refractivity contribution in [3.05, 3.63) is 0 Å². The van der Waals surface area contributed by atoms with Gasteiger partial charge in [-0.25, -0.2) is 0 Å². The number of hydrogen-bond donors (Lipinski definition) is 0.